The maximum absolute atomic E-state index is 5.43. The average molecular weight is 355 g/mol. The van der Waals surface area contributed by atoms with Gasteiger partial charge in [-0.3, -0.25) is 4.40 Å². The molecule has 1 saturated carbocycles. The van der Waals surface area contributed by atoms with E-state index in [2.05, 4.69) is 9.38 Å². The summed E-state index contributed by atoms with van der Waals surface area (Å²) in [5, 5.41) is 1.66. The first-order valence-electron chi connectivity index (χ1n) is 8.51. The van der Waals surface area contributed by atoms with Gasteiger partial charge < -0.3 is 9.47 Å². The number of fused-ring (bicyclic) bond motifs is 1. The minimum Gasteiger partial charge on any atom is -0.493 e. The second-order valence-corrected chi connectivity index (χ2v) is 7.44. The molecule has 1 fully saturated rings. The van der Waals surface area contributed by atoms with Crippen LogP contribution in [0.2, 0.25) is 0 Å². The van der Waals surface area contributed by atoms with Crippen molar-refractivity contribution in [1.82, 2.24) is 14.4 Å². The van der Waals surface area contributed by atoms with Gasteiger partial charge in [0.05, 0.1) is 19.9 Å². The Hall–Kier alpha value is -2.21. The van der Waals surface area contributed by atoms with E-state index in [0.717, 1.165) is 22.1 Å². The second kappa shape index (κ2) is 6.96. The molecule has 0 unspecified atom stereocenters. The topological polar surface area (TPSA) is 48.7 Å². The molecule has 0 radical (unpaired) electrons. The molecule has 0 bridgehead atoms. The first kappa shape index (κ1) is 16.3. The molecule has 0 N–H and O–H groups in total. The lowest BCUT2D eigenvalue weighted by molar-refractivity contribution is 0.355. The lowest BCUT2D eigenvalue weighted by Gasteiger charge is -2.13. The number of hydrogen-bond donors (Lipinski definition) is 0. The number of nitrogens with zero attached hydrogens (tertiary/aromatic N) is 3. The molecule has 4 rings (SSSR count). The molecule has 130 valence electrons. The third kappa shape index (κ3) is 3.18. The number of methoxy groups -OCH3 is 2. The van der Waals surface area contributed by atoms with Crippen molar-refractivity contribution in [2.75, 3.05) is 14.2 Å². The van der Waals surface area contributed by atoms with Crippen LogP contribution in [0.5, 0.6) is 11.5 Å². The Labute approximate surface area is 151 Å². The van der Waals surface area contributed by atoms with Gasteiger partial charge in [-0.25, -0.2) is 9.97 Å². The average Bonchev–Trinajstić information content (AvgIpc) is 3.32. The summed E-state index contributed by atoms with van der Waals surface area (Å²) in [5.41, 5.74) is 2.82. The maximum atomic E-state index is 5.43. The number of rotatable bonds is 5. The van der Waals surface area contributed by atoms with Crippen LogP contribution in [0, 0.1) is 0 Å². The van der Waals surface area contributed by atoms with Crippen LogP contribution in [-0.4, -0.2) is 33.8 Å². The van der Waals surface area contributed by atoms with E-state index in [-0.39, 0.29) is 0 Å². The summed E-state index contributed by atoms with van der Waals surface area (Å²) < 4.78 is 12.8. The van der Waals surface area contributed by atoms with Crippen molar-refractivity contribution in [2.24, 2.45) is 0 Å². The van der Waals surface area contributed by atoms with Gasteiger partial charge in [0.2, 0.25) is 0 Å². The molecule has 2 heterocycles. The molecule has 0 saturated heterocycles. The highest BCUT2D eigenvalue weighted by Gasteiger charge is 2.19. The Morgan fingerprint density at radius 3 is 2.64 bits per heavy atom. The number of ether oxygens (including phenoxy) is 2. The van der Waals surface area contributed by atoms with Gasteiger partial charge in [-0.05, 0) is 31.0 Å². The maximum Gasteiger partial charge on any atom is 0.174 e. The summed E-state index contributed by atoms with van der Waals surface area (Å²) in [7, 11) is 3.29. The van der Waals surface area contributed by atoms with Gasteiger partial charge >= 0.3 is 0 Å². The van der Waals surface area contributed by atoms with E-state index in [4.69, 9.17) is 14.5 Å². The normalized spacial score (nSPS) is 15.0. The molecular formula is C19H21N3O2S. The van der Waals surface area contributed by atoms with Crippen LogP contribution in [0.4, 0.5) is 0 Å². The van der Waals surface area contributed by atoms with Crippen LogP contribution < -0.4 is 9.47 Å². The molecule has 0 spiro atoms. The molecule has 2 aromatic heterocycles. The van der Waals surface area contributed by atoms with E-state index in [1.807, 2.05) is 48.4 Å². The quantitative estimate of drug-likeness (QED) is 0.633. The van der Waals surface area contributed by atoms with Crippen LogP contribution in [0.3, 0.4) is 0 Å². The highest BCUT2D eigenvalue weighted by Crippen LogP contribution is 2.36. The molecule has 1 aliphatic carbocycles. The fourth-order valence-electron chi connectivity index (χ4n) is 3.28. The van der Waals surface area contributed by atoms with Gasteiger partial charge in [-0.1, -0.05) is 24.6 Å². The second-order valence-electron chi connectivity index (χ2n) is 6.17. The molecule has 0 amide bonds. The fourth-order valence-corrected chi connectivity index (χ4v) is 4.56. The van der Waals surface area contributed by atoms with Crippen LogP contribution in [0.15, 0.2) is 41.8 Å². The van der Waals surface area contributed by atoms with E-state index >= 15 is 0 Å². The summed E-state index contributed by atoms with van der Waals surface area (Å²) in [5.74, 6) is 1.42. The fraction of sp³-hybridized carbons (Fsp3) is 0.368. The van der Waals surface area contributed by atoms with E-state index in [1.54, 1.807) is 14.2 Å². The predicted molar refractivity (Wildman–Crippen MR) is 99.6 cm³/mol. The van der Waals surface area contributed by atoms with Crippen molar-refractivity contribution in [2.45, 2.75) is 36.1 Å². The molecule has 25 heavy (non-hydrogen) atoms. The molecular weight excluding hydrogens is 334 g/mol. The summed E-state index contributed by atoms with van der Waals surface area (Å²) in [6.07, 6.45) is 8.98. The SMILES string of the molecule is COc1ccc(-c2cc3nccn3c(SC3CCCC3)n2)cc1OC. The van der Waals surface area contributed by atoms with E-state index in [0.29, 0.717) is 16.7 Å². The smallest absolute Gasteiger partial charge is 0.174 e. The lowest BCUT2D eigenvalue weighted by atomic mass is 10.1. The van der Waals surface area contributed by atoms with Gasteiger partial charge in [-0.15, -0.1) is 0 Å². The van der Waals surface area contributed by atoms with Gasteiger partial charge in [0.15, 0.2) is 16.7 Å². The van der Waals surface area contributed by atoms with Crippen LogP contribution in [0.25, 0.3) is 16.9 Å². The summed E-state index contributed by atoms with van der Waals surface area (Å²) in [4.78, 5) is 9.40. The Morgan fingerprint density at radius 2 is 1.88 bits per heavy atom. The largest absolute Gasteiger partial charge is 0.493 e. The number of imidazole rings is 1. The lowest BCUT2D eigenvalue weighted by Crippen LogP contribution is -2.01. The van der Waals surface area contributed by atoms with E-state index in [1.165, 1.54) is 25.7 Å². The van der Waals surface area contributed by atoms with Crippen molar-refractivity contribution in [1.29, 1.82) is 0 Å². The van der Waals surface area contributed by atoms with Crippen molar-refractivity contribution in [3.8, 4) is 22.8 Å². The van der Waals surface area contributed by atoms with Gasteiger partial charge in [0.1, 0.15) is 5.65 Å². The Morgan fingerprint density at radius 1 is 1.08 bits per heavy atom. The zero-order valence-electron chi connectivity index (χ0n) is 14.4. The van der Waals surface area contributed by atoms with Crippen molar-refractivity contribution in [3.05, 3.63) is 36.7 Å². The molecule has 1 aliphatic rings. The van der Waals surface area contributed by atoms with E-state index in [9.17, 15) is 0 Å². The first-order chi connectivity index (χ1) is 12.3. The number of benzene rings is 1. The minimum atomic E-state index is 0.652. The first-order valence-corrected chi connectivity index (χ1v) is 9.39. The molecule has 6 heteroatoms. The Balaban J connectivity index is 1.76. The van der Waals surface area contributed by atoms with Crippen molar-refractivity contribution >= 4 is 17.4 Å². The Bertz CT molecular complexity index is 888. The summed E-state index contributed by atoms with van der Waals surface area (Å²) in [6.45, 7) is 0. The summed E-state index contributed by atoms with van der Waals surface area (Å²) >= 11 is 1.87. The standard InChI is InChI=1S/C19H21N3O2S/c1-23-16-8-7-13(11-17(16)24-2)15-12-18-20-9-10-22(18)19(21-15)25-14-5-3-4-6-14/h7-12,14H,3-6H2,1-2H3. The molecule has 5 nitrogen and oxygen atoms in total. The molecule has 0 atom stereocenters. The van der Waals surface area contributed by atoms with E-state index < -0.39 is 0 Å². The molecule has 3 aromatic rings. The molecule has 1 aromatic carbocycles. The highest BCUT2D eigenvalue weighted by molar-refractivity contribution is 7.99. The van der Waals surface area contributed by atoms with Crippen molar-refractivity contribution in [3.63, 3.8) is 0 Å². The number of aromatic nitrogens is 3. The number of thioether (sulfide) groups is 1. The predicted octanol–water partition coefficient (Wildman–Crippen LogP) is 4.45. The minimum absolute atomic E-state index is 0.652. The van der Waals surface area contributed by atoms with Crippen LogP contribution in [0.1, 0.15) is 25.7 Å². The van der Waals surface area contributed by atoms with Crippen LogP contribution >= 0.6 is 11.8 Å². The highest BCUT2D eigenvalue weighted by atomic mass is 32.2. The van der Waals surface area contributed by atoms with Gasteiger partial charge in [0, 0.05) is 29.3 Å². The van der Waals surface area contributed by atoms with Gasteiger partial charge in [0.25, 0.3) is 0 Å². The zero-order valence-corrected chi connectivity index (χ0v) is 15.3. The van der Waals surface area contributed by atoms with Crippen molar-refractivity contribution < 1.29 is 9.47 Å². The molecule has 0 aliphatic heterocycles. The third-order valence-electron chi connectivity index (χ3n) is 4.61. The third-order valence-corrected chi connectivity index (χ3v) is 5.91. The van der Waals surface area contributed by atoms with Gasteiger partial charge in [-0.2, -0.15) is 0 Å². The monoisotopic (exact) mass is 355 g/mol. The summed E-state index contributed by atoms with van der Waals surface area (Å²) in [6, 6.07) is 7.90. The zero-order chi connectivity index (χ0) is 17.2. The number of hydrogen-bond acceptors (Lipinski definition) is 5. The Kier molecular flexibility index (Phi) is 4.53. The van der Waals surface area contributed by atoms with Crippen LogP contribution in [-0.2, 0) is 0 Å².